The van der Waals surface area contributed by atoms with Gasteiger partial charge in [-0.15, -0.1) is 0 Å². The van der Waals surface area contributed by atoms with Crippen LogP contribution in [0.4, 0.5) is 0 Å². The second-order valence-corrected chi connectivity index (χ2v) is 7.71. The van der Waals surface area contributed by atoms with Gasteiger partial charge in [-0.25, -0.2) is 0 Å². The Balaban J connectivity index is 2.06. The van der Waals surface area contributed by atoms with Crippen LogP contribution in [0.1, 0.15) is 37.8 Å². The number of nitrogens with zero attached hydrogens (tertiary/aromatic N) is 1. The second kappa shape index (κ2) is 4.97. The van der Waals surface area contributed by atoms with E-state index in [0.717, 1.165) is 22.9 Å². The number of H-pyrrole nitrogens is 1. The first kappa shape index (κ1) is 15.9. The largest absolute Gasteiger partial charge is 0.511 e. The number of nitrogens with one attached hydrogen (secondary N) is 1. The second-order valence-electron chi connectivity index (χ2n) is 7.71. The van der Waals surface area contributed by atoms with Crippen LogP contribution < -0.4 is 0 Å². The third kappa shape index (κ3) is 1.95. The van der Waals surface area contributed by atoms with Crippen LogP contribution in [0.25, 0.3) is 10.9 Å². The Morgan fingerprint density at radius 3 is 2.76 bits per heavy atom. The molecule has 0 spiro atoms. The van der Waals surface area contributed by atoms with Crippen LogP contribution in [0.3, 0.4) is 0 Å². The van der Waals surface area contributed by atoms with Gasteiger partial charge in [0.2, 0.25) is 0 Å². The minimum Gasteiger partial charge on any atom is -0.511 e. The van der Waals surface area contributed by atoms with Crippen LogP contribution in [0, 0.1) is 5.92 Å². The molecule has 4 rings (SSSR count). The van der Waals surface area contributed by atoms with Gasteiger partial charge in [0, 0.05) is 35.6 Å². The molecule has 130 valence electrons. The third-order valence-electron chi connectivity index (χ3n) is 6.19. The predicted octanol–water partition coefficient (Wildman–Crippen LogP) is 3.08. The highest BCUT2D eigenvalue weighted by molar-refractivity contribution is 6.19. The first-order valence-electron chi connectivity index (χ1n) is 8.56. The van der Waals surface area contributed by atoms with Crippen molar-refractivity contribution in [3.63, 3.8) is 0 Å². The third-order valence-corrected chi connectivity index (χ3v) is 6.19. The number of aromatic amines is 1. The topological polar surface area (TPSA) is 73.4 Å². The van der Waals surface area contributed by atoms with Crippen LogP contribution in [0.15, 0.2) is 35.7 Å². The lowest BCUT2D eigenvalue weighted by Crippen LogP contribution is -2.52. The van der Waals surface area contributed by atoms with Crippen molar-refractivity contribution in [2.45, 2.75) is 38.6 Å². The number of hydrogen-bond acceptors (Lipinski definition) is 3. The average molecular weight is 338 g/mol. The van der Waals surface area contributed by atoms with E-state index >= 15 is 0 Å². The van der Waals surface area contributed by atoms with Gasteiger partial charge in [0.25, 0.3) is 5.91 Å². The number of rotatable bonds is 1. The summed E-state index contributed by atoms with van der Waals surface area (Å²) in [5, 5.41) is 12.1. The van der Waals surface area contributed by atoms with Crippen molar-refractivity contribution in [3.8, 4) is 0 Å². The monoisotopic (exact) mass is 338 g/mol. The zero-order chi connectivity index (χ0) is 18.1. The van der Waals surface area contributed by atoms with Gasteiger partial charge < -0.3 is 15.0 Å². The summed E-state index contributed by atoms with van der Waals surface area (Å²) in [7, 11) is 1.72. The summed E-state index contributed by atoms with van der Waals surface area (Å²) < 4.78 is 0. The highest BCUT2D eigenvalue weighted by Gasteiger charge is 2.50. The van der Waals surface area contributed by atoms with E-state index in [-0.39, 0.29) is 23.2 Å². The first-order valence-corrected chi connectivity index (χ1v) is 8.56. The lowest BCUT2D eigenvalue weighted by molar-refractivity contribution is -0.133. The van der Waals surface area contributed by atoms with Crippen molar-refractivity contribution in [2.75, 3.05) is 7.05 Å². The van der Waals surface area contributed by atoms with Crippen molar-refractivity contribution in [2.24, 2.45) is 5.92 Å². The highest BCUT2D eigenvalue weighted by Crippen LogP contribution is 2.50. The normalized spacial score (nSPS) is 25.1. The minimum absolute atomic E-state index is 0.0211. The Labute approximate surface area is 146 Å². The molecule has 0 fully saturated rings. The van der Waals surface area contributed by atoms with Gasteiger partial charge in [-0.3, -0.25) is 9.59 Å². The van der Waals surface area contributed by atoms with E-state index in [1.807, 2.05) is 32.2 Å². The fourth-order valence-electron chi connectivity index (χ4n) is 4.55. The molecule has 1 aromatic carbocycles. The molecule has 0 saturated heterocycles. The summed E-state index contributed by atoms with van der Waals surface area (Å²) in [6.45, 7) is 5.36. The molecule has 1 aliphatic carbocycles. The number of Topliss-reactive ketones (excluding diaryl/α,β-unsaturated/α-hetero) is 1. The van der Waals surface area contributed by atoms with E-state index in [4.69, 9.17) is 0 Å². The SMILES string of the molecule is CC(=O)C1=C(O)[C@@H]2c3c[nH]c4cccc(c34)C[C@H]2C(C)(C)N(C)C1=O. The van der Waals surface area contributed by atoms with Gasteiger partial charge in [-0.2, -0.15) is 0 Å². The summed E-state index contributed by atoms with van der Waals surface area (Å²) in [5.74, 6) is -1.27. The standard InChI is InChI=1S/C20H22N2O3/c1-10(23)15-18(24)17-12-9-21-14-7-5-6-11(16(12)14)8-13(17)20(2,3)22(4)19(15)25/h5-7,9,13,17,21,24H,8H2,1-4H3/t13-,17-/m1/s1. The Morgan fingerprint density at radius 2 is 2.08 bits per heavy atom. The minimum atomic E-state index is -0.510. The number of carbonyl (C=O) groups excluding carboxylic acids is 2. The van der Waals surface area contributed by atoms with Gasteiger partial charge in [0.1, 0.15) is 11.3 Å². The molecule has 0 unspecified atom stereocenters. The number of ketones is 1. The number of allylic oxidation sites excluding steroid dienone is 1. The number of benzene rings is 1. The molecule has 5 nitrogen and oxygen atoms in total. The van der Waals surface area contributed by atoms with Gasteiger partial charge in [0.15, 0.2) is 5.78 Å². The number of amides is 1. The lowest BCUT2D eigenvalue weighted by Gasteiger charge is -2.45. The molecule has 2 N–H and O–H groups in total. The summed E-state index contributed by atoms with van der Waals surface area (Å²) >= 11 is 0. The van der Waals surface area contributed by atoms with E-state index in [0.29, 0.717) is 0 Å². The van der Waals surface area contributed by atoms with Crippen molar-refractivity contribution >= 4 is 22.6 Å². The Kier molecular flexibility index (Phi) is 3.17. The molecular weight excluding hydrogens is 316 g/mol. The quantitative estimate of drug-likeness (QED) is 0.785. The van der Waals surface area contributed by atoms with Crippen molar-refractivity contribution in [1.29, 1.82) is 0 Å². The van der Waals surface area contributed by atoms with Gasteiger partial charge in [0.05, 0.1) is 0 Å². The molecule has 25 heavy (non-hydrogen) atoms. The van der Waals surface area contributed by atoms with Crippen LogP contribution in [0.2, 0.25) is 0 Å². The number of aliphatic hydroxyl groups is 1. The van der Waals surface area contributed by atoms with Gasteiger partial charge in [-0.1, -0.05) is 12.1 Å². The van der Waals surface area contributed by atoms with Gasteiger partial charge >= 0.3 is 0 Å². The summed E-state index contributed by atoms with van der Waals surface area (Å²) in [5.41, 5.74) is 2.60. The first-order chi connectivity index (χ1) is 11.7. The fourth-order valence-corrected chi connectivity index (χ4v) is 4.55. The van der Waals surface area contributed by atoms with E-state index in [2.05, 4.69) is 11.1 Å². The maximum absolute atomic E-state index is 12.9. The van der Waals surface area contributed by atoms with E-state index in [9.17, 15) is 14.7 Å². The molecular formula is C20H22N2O3. The molecule has 0 bridgehead atoms. The maximum Gasteiger partial charge on any atom is 0.261 e. The lowest BCUT2D eigenvalue weighted by atomic mass is 9.67. The number of fused-ring (bicyclic) bond motifs is 2. The Morgan fingerprint density at radius 1 is 1.36 bits per heavy atom. The van der Waals surface area contributed by atoms with Crippen molar-refractivity contribution in [1.82, 2.24) is 9.88 Å². The van der Waals surface area contributed by atoms with Crippen molar-refractivity contribution in [3.05, 3.63) is 46.9 Å². The average Bonchev–Trinajstić information content (AvgIpc) is 2.97. The predicted molar refractivity (Wildman–Crippen MR) is 95.4 cm³/mol. The number of likely N-dealkylation sites (N-methyl/N-ethyl adjacent to an activating group) is 1. The van der Waals surface area contributed by atoms with E-state index in [1.165, 1.54) is 12.5 Å². The number of aliphatic hydroxyl groups excluding tert-OH is 1. The molecule has 5 heteroatoms. The fraction of sp³-hybridized carbons (Fsp3) is 0.400. The smallest absolute Gasteiger partial charge is 0.261 e. The molecule has 1 amide bonds. The number of hydrogen-bond donors (Lipinski definition) is 2. The summed E-state index contributed by atoms with van der Waals surface area (Å²) in [6.07, 6.45) is 2.65. The zero-order valence-electron chi connectivity index (χ0n) is 14.9. The number of aromatic nitrogens is 1. The molecule has 1 aliphatic heterocycles. The molecule has 2 atom stereocenters. The van der Waals surface area contributed by atoms with E-state index in [1.54, 1.807) is 11.9 Å². The van der Waals surface area contributed by atoms with Crippen molar-refractivity contribution < 1.29 is 14.7 Å². The summed E-state index contributed by atoms with van der Waals surface area (Å²) in [4.78, 5) is 29.9. The molecule has 1 aromatic heterocycles. The molecule has 2 aliphatic rings. The number of carbonyl (C=O) groups is 2. The summed E-state index contributed by atoms with van der Waals surface area (Å²) in [6, 6.07) is 6.13. The molecule has 2 aromatic rings. The van der Waals surface area contributed by atoms with E-state index < -0.39 is 17.2 Å². The van der Waals surface area contributed by atoms with Crippen LogP contribution in [0.5, 0.6) is 0 Å². The molecule has 0 saturated carbocycles. The Hall–Kier alpha value is -2.56. The van der Waals surface area contributed by atoms with Gasteiger partial charge in [-0.05, 0) is 50.3 Å². The Bertz CT molecular complexity index is 951. The van der Waals surface area contributed by atoms with Crippen LogP contribution in [-0.4, -0.2) is 39.3 Å². The zero-order valence-corrected chi connectivity index (χ0v) is 14.9. The highest BCUT2D eigenvalue weighted by atomic mass is 16.3. The maximum atomic E-state index is 12.9. The molecule has 0 radical (unpaired) electrons. The van der Waals surface area contributed by atoms with Crippen LogP contribution in [-0.2, 0) is 16.0 Å². The van der Waals surface area contributed by atoms with Crippen LogP contribution >= 0.6 is 0 Å². The molecule has 2 heterocycles.